The maximum atomic E-state index is 4.59. The molecular formula is C19H21N3. The van der Waals surface area contributed by atoms with Gasteiger partial charge in [-0.1, -0.05) is 67.9 Å². The Labute approximate surface area is 132 Å². The van der Waals surface area contributed by atoms with E-state index in [1.165, 1.54) is 5.56 Å². The van der Waals surface area contributed by atoms with E-state index < -0.39 is 0 Å². The van der Waals surface area contributed by atoms with Crippen LogP contribution in [-0.2, 0) is 0 Å². The summed E-state index contributed by atoms with van der Waals surface area (Å²) in [5.74, 6) is 2.17. The fourth-order valence-electron chi connectivity index (χ4n) is 2.11. The van der Waals surface area contributed by atoms with Crippen LogP contribution in [0.4, 0.5) is 0 Å². The van der Waals surface area contributed by atoms with Gasteiger partial charge in [0, 0.05) is 11.1 Å². The molecule has 3 nitrogen and oxygen atoms in total. The van der Waals surface area contributed by atoms with Crippen molar-refractivity contribution in [3.8, 4) is 22.8 Å². The molecule has 0 N–H and O–H groups in total. The zero-order chi connectivity index (χ0) is 15.9. The van der Waals surface area contributed by atoms with Crippen molar-refractivity contribution in [1.29, 1.82) is 0 Å². The first-order chi connectivity index (χ1) is 10.7. The Morgan fingerprint density at radius 3 is 1.86 bits per heavy atom. The number of rotatable bonds is 2. The third-order valence-electron chi connectivity index (χ3n) is 3.06. The summed E-state index contributed by atoms with van der Waals surface area (Å²) in [7, 11) is 0. The van der Waals surface area contributed by atoms with Crippen LogP contribution in [0.15, 0.2) is 54.6 Å². The summed E-state index contributed by atoms with van der Waals surface area (Å²) in [6.45, 7) is 7.96. The molecule has 22 heavy (non-hydrogen) atoms. The molecule has 0 saturated carbocycles. The SMILES string of the molecule is CC.Cc1cccc(-c2nc(C)nc(-c3ccccc3)n2)c1. The highest BCUT2D eigenvalue weighted by atomic mass is 15.0. The van der Waals surface area contributed by atoms with E-state index in [0.717, 1.165) is 28.6 Å². The van der Waals surface area contributed by atoms with Gasteiger partial charge in [-0.05, 0) is 19.9 Å². The van der Waals surface area contributed by atoms with Crippen LogP contribution in [-0.4, -0.2) is 15.0 Å². The van der Waals surface area contributed by atoms with E-state index in [1.807, 2.05) is 63.2 Å². The minimum absolute atomic E-state index is 0.717. The quantitative estimate of drug-likeness (QED) is 0.677. The van der Waals surface area contributed by atoms with Gasteiger partial charge in [-0.2, -0.15) is 0 Å². The van der Waals surface area contributed by atoms with E-state index in [9.17, 15) is 0 Å². The lowest BCUT2D eigenvalue weighted by Crippen LogP contribution is -1.99. The number of aryl methyl sites for hydroxylation is 2. The monoisotopic (exact) mass is 291 g/mol. The maximum absolute atomic E-state index is 4.59. The first kappa shape index (κ1) is 15.8. The van der Waals surface area contributed by atoms with E-state index in [2.05, 4.69) is 34.0 Å². The molecule has 0 saturated heterocycles. The van der Waals surface area contributed by atoms with Gasteiger partial charge in [-0.15, -0.1) is 0 Å². The maximum Gasteiger partial charge on any atom is 0.163 e. The molecule has 1 aromatic heterocycles. The molecule has 112 valence electrons. The molecule has 0 fully saturated rings. The first-order valence-corrected chi connectivity index (χ1v) is 7.57. The Morgan fingerprint density at radius 1 is 0.636 bits per heavy atom. The Bertz CT molecular complexity index is 737. The highest BCUT2D eigenvalue weighted by Crippen LogP contribution is 2.20. The van der Waals surface area contributed by atoms with E-state index in [-0.39, 0.29) is 0 Å². The molecule has 3 heteroatoms. The highest BCUT2D eigenvalue weighted by molar-refractivity contribution is 5.61. The second kappa shape index (κ2) is 7.46. The molecule has 2 aromatic carbocycles. The number of hydrogen-bond acceptors (Lipinski definition) is 3. The Balaban J connectivity index is 0.000000847. The second-order valence-electron chi connectivity index (χ2n) is 4.77. The van der Waals surface area contributed by atoms with E-state index in [1.54, 1.807) is 0 Å². The molecule has 0 aliphatic rings. The zero-order valence-electron chi connectivity index (χ0n) is 13.5. The average molecular weight is 291 g/mol. The predicted octanol–water partition coefficient (Wildman–Crippen LogP) is 4.85. The summed E-state index contributed by atoms with van der Waals surface area (Å²) in [6.07, 6.45) is 0. The number of nitrogens with zero attached hydrogens (tertiary/aromatic N) is 3. The summed E-state index contributed by atoms with van der Waals surface area (Å²) in [4.78, 5) is 13.5. The van der Waals surface area contributed by atoms with Crippen molar-refractivity contribution in [2.24, 2.45) is 0 Å². The van der Waals surface area contributed by atoms with Crippen LogP contribution in [0.1, 0.15) is 25.2 Å². The molecule has 0 amide bonds. The third-order valence-corrected chi connectivity index (χ3v) is 3.06. The van der Waals surface area contributed by atoms with Crippen molar-refractivity contribution in [1.82, 2.24) is 15.0 Å². The van der Waals surface area contributed by atoms with Crippen LogP contribution in [0.2, 0.25) is 0 Å². The predicted molar refractivity (Wildman–Crippen MR) is 91.5 cm³/mol. The molecule has 3 aromatic rings. The Hall–Kier alpha value is -2.55. The molecular weight excluding hydrogens is 270 g/mol. The first-order valence-electron chi connectivity index (χ1n) is 7.57. The van der Waals surface area contributed by atoms with E-state index in [0.29, 0.717) is 0 Å². The normalized spacial score (nSPS) is 9.82. The van der Waals surface area contributed by atoms with Gasteiger partial charge < -0.3 is 0 Å². The molecule has 0 spiro atoms. The molecule has 1 heterocycles. The smallest absolute Gasteiger partial charge is 0.163 e. The van der Waals surface area contributed by atoms with Gasteiger partial charge in [-0.25, -0.2) is 15.0 Å². The summed E-state index contributed by atoms with van der Waals surface area (Å²) in [5, 5.41) is 0. The fraction of sp³-hybridized carbons (Fsp3) is 0.211. The summed E-state index contributed by atoms with van der Waals surface area (Å²) in [5.41, 5.74) is 3.22. The lowest BCUT2D eigenvalue weighted by molar-refractivity contribution is 0.991. The van der Waals surface area contributed by atoms with Gasteiger partial charge in [0.15, 0.2) is 11.6 Å². The van der Waals surface area contributed by atoms with Gasteiger partial charge >= 0.3 is 0 Å². The van der Waals surface area contributed by atoms with Crippen LogP contribution in [0, 0.1) is 13.8 Å². The topological polar surface area (TPSA) is 38.7 Å². The number of benzene rings is 2. The number of hydrogen-bond donors (Lipinski definition) is 0. The van der Waals surface area contributed by atoms with Crippen LogP contribution >= 0.6 is 0 Å². The third kappa shape index (κ3) is 3.76. The van der Waals surface area contributed by atoms with Crippen molar-refractivity contribution in [2.45, 2.75) is 27.7 Å². The van der Waals surface area contributed by atoms with Gasteiger partial charge in [0.25, 0.3) is 0 Å². The van der Waals surface area contributed by atoms with Gasteiger partial charge in [0.05, 0.1) is 0 Å². The molecule has 0 unspecified atom stereocenters. The van der Waals surface area contributed by atoms with Crippen LogP contribution in [0.3, 0.4) is 0 Å². The van der Waals surface area contributed by atoms with Crippen LogP contribution in [0.25, 0.3) is 22.8 Å². The minimum Gasteiger partial charge on any atom is -0.213 e. The second-order valence-corrected chi connectivity index (χ2v) is 4.77. The molecule has 3 rings (SSSR count). The lowest BCUT2D eigenvalue weighted by Gasteiger charge is -2.06. The average Bonchev–Trinajstić information content (AvgIpc) is 2.57. The molecule has 0 bridgehead atoms. The standard InChI is InChI=1S/C17H15N3.C2H6/c1-12-7-6-10-15(11-12)17-19-13(2)18-16(20-17)14-8-4-3-5-9-14;1-2/h3-11H,1-2H3;1-2H3. The number of aromatic nitrogens is 3. The highest BCUT2D eigenvalue weighted by Gasteiger charge is 2.08. The molecule has 0 aliphatic heterocycles. The van der Waals surface area contributed by atoms with Crippen molar-refractivity contribution in [2.75, 3.05) is 0 Å². The molecule has 0 radical (unpaired) electrons. The zero-order valence-corrected chi connectivity index (χ0v) is 13.5. The van der Waals surface area contributed by atoms with Crippen molar-refractivity contribution in [3.05, 3.63) is 66.0 Å². The summed E-state index contributed by atoms with van der Waals surface area (Å²) < 4.78 is 0. The fourth-order valence-corrected chi connectivity index (χ4v) is 2.11. The van der Waals surface area contributed by atoms with Gasteiger partial charge in [0.2, 0.25) is 0 Å². The molecule has 0 atom stereocenters. The summed E-state index contributed by atoms with van der Waals surface area (Å²) in [6, 6.07) is 18.2. The van der Waals surface area contributed by atoms with E-state index >= 15 is 0 Å². The van der Waals surface area contributed by atoms with Gasteiger partial charge in [0.1, 0.15) is 5.82 Å². The largest absolute Gasteiger partial charge is 0.213 e. The van der Waals surface area contributed by atoms with Crippen molar-refractivity contribution in [3.63, 3.8) is 0 Å². The van der Waals surface area contributed by atoms with Crippen molar-refractivity contribution < 1.29 is 0 Å². The molecule has 0 aliphatic carbocycles. The summed E-state index contributed by atoms with van der Waals surface area (Å²) >= 11 is 0. The minimum atomic E-state index is 0.717. The van der Waals surface area contributed by atoms with E-state index in [4.69, 9.17) is 0 Å². The van der Waals surface area contributed by atoms with Crippen LogP contribution in [0.5, 0.6) is 0 Å². The van der Waals surface area contributed by atoms with Gasteiger partial charge in [-0.3, -0.25) is 0 Å². The Morgan fingerprint density at radius 2 is 1.23 bits per heavy atom. The van der Waals surface area contributed by atoms with Crippen LogP contribution < -0.4 is 0 Å². The Kier molecular flexibility index (Phi) is 5.37. The van der Waals surface area contributed by atoms with Crippen molar-refractivity contribution >= 4 is 0 Å². The lowest BCUT2D eigenvalue weighted by atomic mass is 10.1.